The van der Waals surface area contributed by atoms with Crippen LogP contribution in [0.3, 0.4) is 0 Å². The van der Waals surface area contributed by atoms with Gasteiger partial charge in [-0.2, -0.15) is 0 Å². The van der Waals surface area contributed by atoms with Crippen molar-refractivity contribution >= 4 is 37.6 Å². The van der Waals surface area contributed by atoms with Gasteiger partial charge in [0, 0.05) is 35.7 Å². The highest BCUT2D eigenvalue weighted by atomic mass is 32.2. The molecule has 2 heterocycles. The van der Waals surface area contributed by atoms with Crippen molar-refractivity contribution < 1.29 is 17.7 Å². The first kappa shape index (κ1) is 22.3. The SMILES string of the molecule is Cc1noc(C)c1-c1cc(C(=O)NCC2CC2)c2c(c1)c1c(S(C)(=O)=O)cccc1n2CC1CC1. The van der Waals surface area contributed by atoms with E-state index in [9.17, 15) is 13.2 Å². The zero-order chi connectivity index (χ0) is 24.5. The Morgan fingerprint density at radius 2 is 1.89 bits per heavy atom. The molecule has 7 nitrogen and oxygen atoms in total. The van der Waals surface area contributed by atoms with E-state index >= 15 is 0 Å². The third-order valence-corrected chi connectivity index (χ3v) is 8.44. The third-order valence-electron chi connectivity index (χ3n) is 7.30. The summed E-state index contributed by atoms with van der Waals surface area (Å²) in [6, 6.07) is 9.34. The first-order chi connectivity index (χ1) is 16.7. The van der Waals surface area contributed by atoms with E-state index < -0.39 is 9.84 Å². The van der Waals surface area contributed by atoms with Crippen LogP contribution in [-0.2, 0) is 16.4 Å². The molecule has 8 heteroatoms. The lowest BCUT2D eigenvalue weighted by Crippen LogP contribution is -2.26. The topological polar surface area (TPSA) is 94.2 Å². The summed E-state index contributed by atoms with van der Waals surface area (Å²) in [4.78, 5) is 13.9. The second kappa shape index (κ2) is 7.95. The van der Waals surface area contributed by atoms with Gasteiger partial charge < -0.3 is 14.4 Å². The molecule has 2 fully saturated rings. The molecule has 0 aliphatic heterocycles. The zero-order valence-corrected chi connectivity index (χ0v) is 21.0. The highest BCUT2D eigenvalue weighted by Gasteiger charge is 2.29. The van der Waals surface area contributed by atoms with E-state index in [0.29, 0.717) is 35.1 Å². The summed E-state index contributed by atoms with van der Waals surface area (Å²) in [6.45, 7) is 5.15. The largest absolute Gasteiger partial charge is 0.361 e. The lowest BCUT2D eigenvalue weighted by atomic mass is 9.97. The minimum Gasteiger partial charge on any atom is -0.361 e. The number of carbonyl (C=O) groups excluding carboxylic acids is 1. The van der Waals surface area contributed by atoms with E-state index in [-0.39, 0.29) is 10.8 Å². The van der Waals surface area contributed by atoms with Crippen LogP contribution in [0.5, 0.6) is 0 Å². The van der Waals surface area contributed by atoms with Crippen LogP contribution in [0.1, 0.15) is 47.5 Å². The Balaban J connectivity index is 1.70. The van der Waals surface area contributed by atoms with Crippen LogP contribution in [0.2, 0.25) is 0 Å². The van der Waals surface area contributed by atoms with Crippen molar-refractivity contribution in [2.24, 2.45) is 11.8 Å². The fraction of sp³-hybridized carbons (Fsp3) is 0.407. The average Bonchev–Trinajstić information content (AvgIpc) is 3.74. The van der Waals surface area contributed by atoms with Crippen LogP contribution < -0.4 is 5.32 Å². The molecular weight excluding hydrogens is 462 g/mol. The van der Waals surface area contributed by atoms with Gasteiger partial charge in [0.1, 0.15) is 5.76 Å². The second-order valence-electron chi connectivity index (χ2n) is 10.2. The molecule has 1 amide bonds. The van der Waals surface area contributed by atoms with Gasteiger partial charge in [-0.25, -0.2) is 8.42 Å². The number of sulfone groups is 1. The number of hydrogen-bond donors (Lipinski definition) is 1. The third kappa shape index (κ3) is 3.93. The van der Waals surface area contributed by atoms with Crippen molar-refractivity contribution in [3.63, 3.8) is 0 Å². The molecule has 0 unspecified atom stereocenters. The van der Waals surface area contributed by atoms with E-state index in [1.165, 1.54) is 6.26 Å². The maximum absolute atomic E-state index is 13.6. The molecule has 1 N–H and O–H groups in total. The summed E-state index contributed by atoms with van der Waals surface area (Å²) in [7, 11) is -3.49. The Hall–Kier alpha value is -3.13. The smallest absolute Gasteiger partial charge is 0.253 e. The minimum atomic E-state index is -3.49. The van der Waals surface area contributed by atoms with E-state index in [2.05, 4.69) is 15.0 Å². The number of rotatable bonds is 7. The maximum Gasteiger partial charge on any atom is 0.253 e. The highest BCUT2D eigenvalue weighted by Crippen LogP contribution is 2.42. The van der Waals surface area contributed by atoms with Crippen molar-refractivity contribution in [1.29, 1.82) is 0 Å². The van der Waals surface area contributed by atoms with Gasteiger partial charge in [-0.15, -0.1) is 0 Å². The van der Waals surface area contributed by atoms with E-state index in [1.54, 1.807) is 12.1 Å². The summed E-state index contributed by atoms with van der Waals surface area (Å²) in [5.41, 5.74) is 4.58. The van der Waals surface area contributed by atoms with Crippen molar-refractivity contribution in [3.8, 4) is 11.1 Å². The lowest BCUT2D eigenvalue weighted by Gasteiger charge is -2.13. The van der Waals surface area contributed by atoms with E-state index in [0.717, 1.165) is 65.5 Å². The van der Waals surface area contributed by atoms with Gasteiger partial charge in [-0.1, -0.05) is 11.2 Å². The summed E-state index contributed by atoms with van der Waals surface area (Å²) in [5, 5.41) is 8.69. The van der Waals surface area contributed by atoms with E-state index in [1.807, 2.05) is 32.0 Å². The van der Waals surface area contributed by atoms with Gasteiger partial charge in [-0.3, -0.25) is 4.79 Å². The Bertz CT molecular complexity index is 1590. The van der Waals surface area contributed by atoms with Crippen molar-refractivity contribution in [3.05, 3.63) is 47.3 Å². The molecule has 2 aromatic heterocycles. The fourth-order valence-electron chi connectivity index (χ4n) is 5.18. The molecule has 6 rings (SSSR count). The van der Waals surface area contributed by atoms with Gasteiger partial charge in [0.2, 0.25) is 0 Å². The minimum absolute atomic E-state index is 0.128. The maximum atomic E-state index is 13.6. The number of benzene rings is 2. The predicted molar refractivity (Wildman–Crippen MR) is 135 cm³/mol. The molecule has 0 atom stereocenters. The van der Waals surface area contributed by atoms with Crippen LogP contribution in [-0.4, -0.2) is 36.8 Å². The molecule has 4 aromatic rings. The number of aryl methyl sites for hydroxylation is 2. The second-order valence-corrected chi connectivity index (χ2v) is 12.2. The highest BCUT2D eigenvalue weighted by molar-refractivity contribution is 7.91. The van der Waals surface area contributed by atoms with Crippen LogP contribution in [0.15, 0.2) is 39.8 Å². The Morgan fingerprint density at radius 1 is 1.14 bits per heavy atom. The summed E-state index contributed by atoms with van der Waals surface area (Å²) in [6.07, 6.45) is 5.83. The number of hydrogen-bond acceptors (Lipinski definition) is 5. The Morgan fingerprint density at radius 3 is 2.51 bits per heavy atom. The number of aromatic nitrogens is 2. The molecular formula is C27H29N3O4S. The average molecular weight is 492 g/mol. The number of nitrogens with zero attached hydrogens (tertiary/aromatic N) is 2. The van der Waals surface area contributed by atoms with Crippen LogP contribution in [0, 0.1) is 25.7 Å². The zero-order valence-electron chi connectivity index (χ0n) is 20.2. The predicted octanol–water partition coefficient (Wildman–Crippen LogP) is 5.02. The fourth-order valence-corrected chi connectivity index (χ4v) is 6.09. The molecule has 182 valence electrons. The van der Waals surface area contributed by atoms with Crippen LogP contribution in [0.25, 0.3) is 32.9 Å². The summed E-state index contributed by atoms with van der Waals surface area (Å²) < 4.78 is 33.3. The van der Waals surface area contributed by atoms with Crippen molar-refractivity contribution in [2.75, 3.05) is 12.8 Å². The normalized spacial score (nSPS) is 16.3. The molecule has 2 aromatic carbocycles. The lowest BCUT2D eigenvalue weighted by molar-refractivity contribution is 0.0953. The monoisotopic (exact) mass is 491 g/mol. The quantitative estimate of drug-likeness (QED) is 0.392. The van der Waals surface area contributed by atoms with Gasteiger partial charge in [-0.05, 0) is 81.2 Å². The molecule has 2 aliphatic carbocycles. The summed E-state index contributed by atoms with van der Waals surface area (Å²) in [5.74, 6) is 1.63. The number of nitrogens with one attached hydrogen (secondary N) is 1. The molecule has 0 radical (unpaired) electrons. The molecule has 2 saturated carbocycles. The van der Waals surface area contributed by atoms with Gasteiger partial charge in [0.15, 0.2) is 9.84 Å². The number of fused-ring (bicyclic) bond motifs is 3. The number of amides is 1. The molecule has 0 spiro atoms. The van der Waals surface area contributed by atoms with Gasteiger partial charge in [0.05, 0.1) is 27.2 Å². The molecule has 35 heavy (non-hydrogen) atoms. The van der Waals surface area contributed by atoms with Gasteiger partial charge in [0.25, 0.3) is 5.91 Å². The Labute approximate surface area is 204 Å². The molecule has 2 aliphatic rings. The van der Waals surface area contributed by atoms with Gasteiger partial charge >= 0.3 is 0 Å². The Kier molecular flexibility index (Phi) is 5.07. The van der Waals surface area contributed by atoms with Crippen LogP contribution in [0.4, 0.5) is 0 Å². The summed E-state index contributed by atoms with van der Waals surface area (Å²) >= 11 is 0. The first-order valence-electron chi connectivity index (χ1n) is 12.2. The van der Waals surface area contributed by atoms with Crippen molar-refractivity contribution in [1.82, 2.24) is 15.0 Å². The molecule has 0 saturated heterocycles. The van der Waals surface area contributed by atoms with E-state index in [4.69, 9.17) is 4.52 Å². The molecule has 0 bridgehead atoms. The van der Waals surface area contributed by atoms with Crippen LogP contribution >= 0.6 is 0 Å². The first-order valence-corrected chi connectivity index (χ1v) is 14.1. The number of carbonyl (C=O) groups is 1. The van der Waals surface area contributed by atoms with Crippen molar-refractivity contribution in [2.45, 2.75) is 51.0 Å². The standard InChI is InChI=1S/C27H29N3O4S/c1-15-24(16(2)34-29-15)19-11-20-25-22(5-4-6-23(25)35(3,32)33)30(14-18-9-10-18)26(20)21(12-19)27(31)28-13-17-7-8-17/h4-6,11-12,17-18H,7-10,13-14H2,1-3H3,(H,28,31).